The van der Waals surface area contributed by atoms with Gasteiger partial charge in [-0.3, -0.25) is 4.79 Å². The summed E-state index contributed by atoms with van der Waals surface area (Å²) in [5.41, 5.74) is 6.28. The van der Waals surface area contributed by atoms with Gasteiger partial charge in [-0.15, -0.1) is 12.4 Å². The second-order valence-electron chi connectivity index (χ2n) is 5.09. The average molecular weight is 364 g/mol. The van der Waals surface area contributed by atoms with Gasteiger partial charge in [-0.1, -0.05) is 32.9 Å². The quantitative estimate of drug-likeness (QED) is 0.729. The normalized spacial score (nSPS) is 12.6. The molecule has 8 heteroatoms. The highest BCUT2D eigenvalue weighted by atomic mass is 35.5. The molecule has 0 aromatic heterocycles. The van der Waals surface area contributed by atoms with Gasteiger partial charge < -0.3 is 11.1 Å². The molecule has 1 aromatic rings. The molecule has 23 heavy (non-hydrogen) atoms. The van der Waals surface area contributed by atoms with Crippen molar-refractivity contribution in [3.05, 3.63) is 29.8 Å². The van der Waals surface area contributed by atoms with Crippen LogP contribution in [0.25, 0.3) is 0 Å². The molecule has 0 heterocycles. The maximum atomic E-state index is 12.3. The van der Waals surface area contributed by atoms with Gasteiger partial charge in [0.05, 0.1) is 4.90 Å². The van der Waals surface area contributed by atoms with E-state index in [2.05, 4.69) is 5.32 Å². The second-order valence-corrected chi connectivity index (χ2v) is 7.03. The highest BCUT2D eigenvalue weighted by Gasteiger charge is 2.21. The number of sulfonamides is 1. The molecule has 0 aliphatic heterocycles. The first kappa shape index (κ1) is 21.9. The van der Waals surface area contributed by atoms with Crippen LogP contribution in [0.5, 0.6) is 0 Å². The van der Waals surface area contributed by atoms with Gasteiger partial charge in [0.25, 0.3) is 0 Å². The van der Waals surface area contributed by atoms with Crippen molar-refractivity contribution in [2.45, 2.75) is 32.2 Å². The van der Waals surface area contributed by atoms with Crippen LogP contribution in [-0.4, -0.2) is 38.3 Å². The van der Waals surface area contributed by atoms with E-state index in [-0.39, 0.29) is 29.1 Å². The van der Waals surface area contributed by atoms with E-state index in [4.69, 9.17) is 5.73 Å². The SMILES string of the molecule is CCN(CC)S(=O)(=O)c1ccc(CNC(=O)C(C)CN)cc1.Cl. The van der Waals surface area contributed by atoms with E-state index in [0.29, 0.717) is 26.2 Å². The smallest absolute Gasteiger partial charge is 0.243 e. The van der Waals surface area contributed by atoms with Gasteiger partial charge in [-0.2, -0.15) is 4.31 Å². The predicted molar refractivity (Wildman–Crippen MR) is 93.9 cm³/mol. The number of benzene rings is 1. The summed E-state index contributed by atoms with van der Waals surface area (Å²) in [6.07, 6.45) is 0. The lowest BCUT2D eigenvalue weighted by Crippen LogP contribution is -2.32. The second kappa shape index (κ2) is 9.87. The summed E-state index contributed by atoms with van der Waals surface area (Å²) in [5, 5.41) is 2.77. The monoisotopic (exact) mass is 363 g/mol. The third-order valence-corrected chi connectivity index (χ3v) is 5.60. The van der Waals surface area contributed by atoms with Gasteiger partial charge in [0.1, 0.15) is 0 Å². The van der Waals surface area contributed by atoms with Crippen LogP contribution >= 0.6 is 12.4 Å². The maximum absolute atomic E-state index is 12.3. The van der Waals surface area contributed by atoms with E-state index in [1.807, 2.05) is 13.8 Å². The first-order valence-electron chi connectivity index (χ1n) is 7.43. The number of nitrogens with one attached hydrogen (secondary N) is 1. The van der Waals surface area contributed by atoms with Crippen LogP contribution in [0, 0.1) is 5.92 Å². The lowest BCUT2D eigenvalue weighted by atomic mass is 10.1. The molecule has 0 aliphatic rings. The van der Waals surface area contributed by atoms with Gasteiger partial charge in [0, 0.05) is 32.1 Å². The van der Waals surface area contributed by atoms with Crippen LogP contribution in [0.1, 0.15) is 26.3 Å². The van der Waals surface area contributed by atoms with E-state index in [9.17, 15) is 13.2 Å². The van der Waals surface area contributed by atoms with Gasteiger partial charge in [-0.05, 0) is 17.7 Å². The lowest BCUT2D eigenvalue weighted by Gasteiger charge is -2.18. The van der Waals surface area contributed by atoms with Gasteiger partial charge in [-0.25, -0.2) is 8.42 Å². The minimum absolute atomic E-state index is 0. The number of hydrogen-bond acceptors (Lipinski definition) is 4. The summed E-state index contributed by atoms with van der Waals surface area (Å²) in [7, 11) is -3.44. The molecule has 0 radical (unpaired) electrons. The molecule has 0 aliphatic carbocycles. The minimum Gasteiger partial charge on any atom is -0.352 e. The predicted octanol–water partition coefficient (Wildman–Crippen LogP) is 1.35. The Bertz CT molecular complexity index is 586. The molecular formula is C15H26ClN3O3S. The highest BCUT2D eigenvalue weighted by molar-refractivity contribution is 7.89. The molecule has 0 saturated carbocycles. The molecule has 0 fully saturated rings. The molecule has 1 rings (SSSR count). The minimum atomic E-state index is -3.44. The van der Waals surface area contributed by atoms with Crippen molar-refractivity contribution >= 4 is 28.3 Å². The topological polar surface area (TPSA) is 92.5 Å². The van der Waals surface area contributed by atoms with Crippen LogP contribution in [-0.2, 0) is 21.4 Å². The number of carbonyl (C=O) groups is 1. The summed E-state index contributed by atoms with van der Waals surface area (Å²) >= 11 is 0. The highest BCUT2D eigenvalue weighted by Crippen LogP contribution is 2.16. The number of nitrogens with two attached hydrogens (primary N) is 1. The third-order valence-electron chi connectivity index (χ3n) is 3.53. The Morgan fingerprint density at radius 2 is 1.74 bits per heavy atom. The molecule has 1 unspecified atom stereocenters. The molecule has 0 bridgehead atoms. The zero-order valence-corrected chi connectivity index (χ0v) is 15.4. The summed E-state index contributed by atoms with van der Waals surface area (Å²) in [4.78, 5) is 11.9. The van der Waals surface area contributed by atoms with Gasteiger partial charge >= 0.3 is 0 Å². The number of hydrogen-bond donors (Lipinski definition) is 2. The van der Waals surface area contributed by atoms with Crippen molar-refractivity contribution in [1.82, 2.24) is 9.62 Å². The number of amides is 1. The average Bonchev–Trinajstić information content (AvgIpc) is 2.53. The van der Waals surface area contributed by atoms with Crippen molar-refractivity contribution < 1.29 is 13.2 Å². The Kier molecular flexibility index (Phi) is 9.38. The first-order chi connectivity index (χ1) is 10.4. The van der Waals surface area contributed by atoms with E-state index < -0.39 is 10.0 Å². The number of halogens is 1. The Labute approximate surface area is 144 Å². The van der Waals surface area contributed by atoms with Crippen LogP contribution < -0.4 is 11.1 Å². The molecule has 1 atom stereocenters. The summed E-state index contributed by atoms with van der Waals surface area (Å²) in [6.45, 7) is 6.91. The molecule has 6 nitrogen and oxygen atoms in total. The zero-order valence-electron chi connectivity index (χ0n) is 13.8. The molecule has 1 amide bonds. The van der Waals surface area contributed by atoms with Crippen molar-refractivity contribution in [3.63, 3.8) is 0 Å². The zero-order chi connectivity index (χ0) is 16.8. The van der Waals surface area contributed by atoms with Crippen LogP contribution in [0.15, 0.2) is 29.2 Å². The third kappa shape index (κ3) is 5.76. The van der Waals surface area contributed by atoms with Crippen LogP contribution in [0.3, 0.4) is 0 Å². The van der Waals surface area contributed by atoms with Crippen molar-refractivity contribution in [2.75, 3.05) is 19.6 Å². The molecule has 132 valence electrons. The van der Waals surface area contributed by atoms with E-state index in [0.717, 1.165) is 5.56 Å². The fraction of sp³-hybridized carbons (Fsp3) is 0.533. The van der Waals surface area contributed by atoms with Crippen LogP contribution in [0.2, 0.25) is 0 Å². The van der Waals surface area contributed by atoms with E-state index >= 15 is 0 Å². The van der Waals surface area contributed by atoms with Gasteiger partial charge in [0.2, 0.25) is 15.9 Å². The first-order valence-corrected chi connectivity index (χ1v) is 8.87. The summed E-state index contributed by atoms with van der Waals surface area (Å²) in [6, 6.07) is 6.57. The van der Waals surface area contributed by atoms with Gasteiger partial charge in [0.15, 0.2) is 0 Å². The number of rotatable bonds is 8. The summed E-state index contributed by atoms with van der Waals surface area (Å²) in [5.74, 6) is -0.343. The standard InChI is InChI=1S/C15H25N3O3S.ClH/c1-4-18(5-2)22(20,21)14-8-6-13(7-9-14)11-17-15(19)12(3)10-16;/h6-9,12H,4-5,10-11,16H2,1-3H3,(H,17,19);1H. The fourth-order valence-electron chi connectivity index (χ4n) is 1.96. The number of carbonyl (C=O) groups excluding carboxylic acids is 1. The van der Waals surface area contributed by atoms with Crippen molar-refractivity contribution in [3.8, 4) is 0 Å². The fourth-order valence-corrected chi connectivity index (χ4v) is 3.42. The molecular weight excluding hydrogens is 338 g/mol. The molecule has 0 saturated heterocycles. The molecule has 0 spiro atoms. The largest absolute Gasteiger partial charge is 0.352 e. The summed E-state index contributed by atoms with van der Waals surface area (Å²) < 4.78 is 26.1. The van der Waals surface area contributed by atoms with Crippen molar-refractivity contribution in [2.24, 2.45) is 11.7 Å². The van der Waals surface area contributed by atoms with Crippen LogP contribution in [0.4, 0.5) is 0 Å². The molecule has 3 N–H and O–H groups in total. The number of nitrogens with zero attached hydrogens (tertiary/aromatic N) is 1. The Morgan fingerprint density at radius 1 is 1.22 bits per heavy atom. The Morgan fingerprint density at radius 3 is 2.17 bits per heavy atom. The van der Waals surface area contributed by atoms with E-state index in [1.165, 1.54) is 4.31 Å². The molecule has 1 aromatic carbocycles. The van der Waals surface area contributed by atoms with Crippen molar-refractivity contribution in [1.29, 1.82) is 0 Å². The maximum Gasteiger partial charge on any atom is 0.243 e. The Balaban J connectivity index is 0.00000484. The lowest BCUT2D eigenvalue weighted by molar-refractivity contribution is -0.124. The Hall–Kier alpha value is -1.15. The van der Waals surface area contributed by atoms with E-state index in [1.54, 1.807) is 31.2 Å².